The second kappa shape index (κ2) is 11.8. The molecule has 2 heteroatoms. The van der Waals surface area contributed by atoms with Gasteiger partial charge in [-0.25, -0.2) is 0 Å². The number of nitrogens with zero attached hydrogens (tertiary/aromatic N) is 2. The minimum atomic E-state index is 0.284. The van der Waals surface area contributed by atoms with Crippen LogP contribution in [0.5, 0.6) is 0 Å². The van der Waals surface area contributed by atoms with E-state index in [0.717, 1.165) is 40.6 Å². The zero-order valence-electron chi connectivity index (χ0n) is 27.6. The average molecular weight is 639 g/mol. The molecule has 0 saturated carbocycles. The molecular formula is C48H34N2. The third kappa shape index (κ3) is 4.87. The van der Waals surface area contributed by atoms with Gasteiger partial charge in [0, 0.05) is 40.7 Å². The van der Waals surface area contributed by atoms with Gasteiger partial charge in [0.2, 0.25) is 0 Å². The van der Waals surface area contributed by atoms with Crippen molar-refractivity contribution in [2.24, 2.45) is 5.92 Å². The van der Waals surface area contributed by atoms with Gasteiger partial charge in [-0.05, 0) is 96.9 Å². The number of fused-ring (bicyclic) bond motifs is 5. The lowest BCUT2D eigenvalue weighted by Crippen LogP contribution is -2.27. The van der Waals surface area contributed by atoms with E-state index >= 15 is 0 Å². The Bertz CT molecular complexity index is 2760. The molecule has 5 aromatic carbocycles. The molecule has 2 nitrogen and oxygen atoms in total. The van der Waals surface area contributed by atoms with E-state index in [0.29, 0.717) is 5.92 Å². The van der Waals surface area contributed by atoms with Gasteiger partial charge in [0.05, 0.1) is 11.2 Å². The van der Waals surface area contributed by atoms with Gasteiger partial charge in [0.1, 0.15) is 0 Å². The molecule has 0 radical (unpaired) electrons. The minimum Gasteiger partial charge on any atom is -0.256 e. The first-order chi connectivity index (χ1) is 24.8. The van der Waals surface area contributed by atoms with E-state index in [2.05, 4.69) is 151 Å². The van der Waals surface area contributed by atoms with Crippen LogP contribution >= 0.6 is 0 Å². The van der Waals surface area contributed by atoms with Crippen LogP contribution in [0.2, 0.25) is 0 Å². The monoisotopic (exact) mass is 638 g/mol. The number of aromatic nitrogens is 2. The Morgan fingerprint density at radius 3 is 2.30 bits per heavy atom. The number of benzene rings is 5. The van der Waals surface area contributed by atoms with Crippen molar-refractivity contribution in [3.63, 3.8) is 0 Å². The van der Waals surface area contributed by atoms with E-state index < -0.39 is 0 Å². The number of hydrogen-bond acceptors (Lipinski definition) is 2. The lowest BCUT2D eigenvalue weighted by molar-refractivity contribution is 0.794. The molecule has 50 heavy (non-hydrogen) atoms. The fourth-order valence-electron chi connectivity index (χ4n) is 8.32. The summed E-state index contributed by atoms with van der Waals surface area (Å²) in [5.41, 5.74) is 10.8. The molecule has 10 rings (SSSR count). The van der Waals surface area contributed by atoms with E-state index in [4.69, 9.17) is 4.98 Å². The molecule has 3 aliphatic carbocycles. The highest BCUT2D eigenvalue weighted by Crippen LogP contribution is 2.46. The van der Waals surface area contributed by atoms with Crippen LogP contribution in [-0.4, -0.2) is 9.97 Å². The van der Waals surface area contributed by atoms with Crippen molar-refractivity contribution in [2.45, 2.75) is 18.8 Å². The smallest absolute Gasteiger partial charge is 0.0718 e. The van der Waals surface area contributed by atoms with Crippen LogP contribution in [-0.2, 0) is 0 Å². The highest BCUT2D eigenvalue weighted by molar-refractivity contribution is 6.13. The average Bonchev–Trinajstić information content (AvgIpc) is 3.19. The summed E-state index contributed by atoms with van der Waals surface area (Å²) in [5.74, 6) is 0.683. The van der Waals surface area contributed by atoms with E-state index in [-0.39, 0.29) is 5.92 Å². The van der Waals surface area contributed by atoms with Crippen molar-refractivity contribution in [2.75, 3.05) is 0 Å². The third-order valence-electron chi connectivity index (χ3n) is 10.8. The zero-order chi connectivity index (χ0) is 33.0. The van der Waals surface area contributed by atoms with Crippen LogP contribution in [0.1, 0.15) is 29.9 Å². The van der Waals surface area contributed by atoms with E-state index in [1.54, 1.807) is 0 Å². The zero-order valence-corrected chi connectivity index (χ0v) is 27.6. The Morgan fingerprint density at radius 2 is 1.38 bits per heavy atom. The summed E-state index contributed by atoms with van der Waals surface area (Å²) in [6, 6.07) is 39.7. The molecule has 236 valence electrons. The SMILES string of the molecule is C1=CC2=CC=C(c3c4ccccc4c(C4C=c5ccccc5=CC4)c4ccc(-c5ccc(-c6cnc7ccccc7c6)nc5)cc34)CC2C=C1. The van der Waals surface area contributed by atoms with E-state index in [1.807, 2.05) is 24.5 Å². The second-order valence-electron chi connectivity index (χ2n) is 13.7. The number of pyridine rings is 2. The minimum absolute atomic E-state index is 0.284. The fourth-order valence-corrected chi connectivity index (χ4v) is 8.32. The van der Waals surface area contributed by atoms with Gasteiger partial charge in [-0.1, -0.05) is 134 Å². The fraction of sp³-hybridized carbons (Fsp3) is 0.0833. The highest BCUT2D eigenvalue weighted by atomic mass is 14.7. The van der Waals surface area contributed by atoms with E-state index in [1.165, 1.54) is 59.8 Å². The van der Waals surface area contributed by atoms with Crippen LogP contribution in [0.15, 0.2) is 164 Å². The van der Waals surface area contributed by atoms with Gasteiger partial charge in [0.25, 0.3) is 0 Å². The maximum Gasteiger partial charge on any atom is 0.0718 e. The normalized spacial score (nSPS) is 17.8. The lowest BCUT2D eigenvalue weighted by Gasteiger charge is -2.27. The van der Waals surface area contributed by atoms with Crippen LogP contribution in [0, 0.1) is 5.92 Å². The number of hydrogen-bond donors (Lipinski definition) is 0. The van der Waals surface area contributed by atoms with Crippen LogP contribution in [0.4, 0.5) is 0 Å². The van der Waals surface area contributed by atoms with Crippen molar-refractivity contribution in [3.8, 4) is 22.4 Å². The molecule has 2 aromatic heterocycles. The number of rotatable bonds is 4. The molecule has 0 saturated heterocycles. The quantitative estimate of drug-likeness (QED) is 0.179. The number of para-hydroxylation sites is 1. The molecule has 0 fully saturated rings. The van der Waals surface area contributed by atoms with Crippen LogP contribution in [0.3, 0.4) is 0 Å². The highest BCUT2D eigenvalue weighted by Gasteiger charge is 2.25. The Morgan fingerprint density at radius 1 is 0.580 bits per heavy atom. The van der Waals surface area contributed by atoms with Gasteiger partial charge < -0.3 is 0 Å². The largest absolute Gasteiger partial charge is 0.256 e. The summed E-state index contributed by atoms with van der Waals surface area (Å²) >= 11 is 0. The summed E-state index contributed by atoms with van der Waals surface area (Å²) in [4.78, 5) is 9.62. The number of allylic oxidation sites excluding steroid dienone is 8. The standard InChI is InChI=1S/C48H34N2/c1-3-11-33-25-37(19-17-31(33)9-1)47-41-14-6-7-15-42(41)48(38-20-18-32-10-2-4-12-34(32)26-38)44-28-35(21-23-43(44)47)39-22-24-46(49-29-39)40-27-36-13-5-8-16-45(36)50-30-40/h1-18,20-25,27-30,34,37H,19,26H2. The van der Waals surface area contributed by atoms with E-state index in [9.17, 15) is 0 Å². The third-order valence-corrected chi connectivity index (χ3v) is 10.8. The molecule has 2 atom stereocenters. The lowest BCUT2D eigenvalue weighted by atomic mass is 9.77. The molecule has 0 N–H and O–H groups in total. The first kappa shape index (κ1) is 28.9. The Kier molecular flexibility index (Phi) is 6.80. The Hall–Kier alpha value is -6.12. The summed E-state index contributed by atoms with van der Waals surface area (Å²) in [5, 5.41) is 9.09. The van der Waals surface area contributed by atoms with Gasteiger partial charge in [-0.2, -0.15) is 0 Å². The first-order valence-electron chi connectivity index (χ1n) is 17.6. The van der Waals surface area contributed by atoms with Crippen molar-refractivity contribution < 1.29 is 0 Å². The Labute approximate surface area is 291 Å². The Balaban J connectivity index is 1.16. The predicted octanol–water partition coefficient (Wildman–Crippen LogP) is 10.5. The summed E-state index contributed by atoms with van der Waals surface area (Å²) in [6.07, 6.45) is 24.5. The summed E-state index contributed by atoms with van der Waals surface area (Å²) in [7, 11) is 0. The topological polar surface area (TPSA) is 25.8 Å². The van der Waals surface area contributed by atoms with Crippen molar-refractivity contribution in [1.82, 2.24) is 9.97 Å². The van der Waals surface area contributed by atoms with Gasteiger partial charge in [0.15, 0.2) is 0 Å². The molecule has 0 spiro atoms. The maximum atomic E-state index is 4.95. The van der Waals surface area contributed by atoms with Crippen molar-refractivity contribution in [3.05, 3.63) is 185 Å². The van der Waals surface area contributed by atoms with Crippen molar-refractivity contribution >= 4 is 50.2 Å². The molecule has 2 unspecified atom stereocenters. The van der Waals surface area contributed by atoms with Gasteiger partial charge in [-0.15, -0.1) is 0 Å². The van der Waals surface area contributed by atoms with Crippen LogP contribution < -0.4 is 10.4 Å². The molecule has 0 aliphatic heterocycles. The molecular weight excluding hydrogens is 605 g/mol. The molecule has 0 amide bonds. The summed E-state index contributed by atoms with van der Waals surface area (Å²) in [6.45, 7) is 0. The first-order valence-corrected chi connectivity index (χ1v) is 17.6. The molecule has 7 aromatic rings. The maximum absolute atomic E-state index is 4.95. The molecule has 2 heterocycles. The van der Waals surface area contributed by atoms with Crippen LogP contribution in [0.25, 0.3) is 72.6 Å². The molecule has 0 bridgehead atoms. The van der Waals surface area contributed by atoms with Crippen molar-refractivity contribution in [1.29, 1.82) is 0 Å². The predicted molar refractivity (Wildman–Crippen MR) is 210 cm³/mol. The van der Waals surface area contributed by atoms with Gasteiger partial charge >= 0.3 is 0 Å². The summed E-state index contributed by atoms with van der Waals surface area (Å²) < 4.78 is 0. The second-order valence-corrected chi connectivity index (χ2v) is 13.7. The molecule has 3 aliphatic rings. The van der Waals surface area contributed by atoms with Gasteiger partial charge in [-0.3, -0.25) is 9.97 Å².